The first-order valence-electron chi connectivity index (χ1n) is 11.3. The molecule has 0 spiro atoms. The Kier molecular flexibility index (Phi) is 9.57. The van der Waals surface area contributed by atoms with E-state index in [-0.39, 0.29) is 28.6 Å². The van der Waals surface area contributed by atoms with Crippen molar-refractivity contribution in [2.75, 3.05) is 19.4 Å². The predicted molar refractivity (Wildman–Crippen MR) is 133 cm³/mol. The highest BCUT2D eigenvalue weighted by Crippen LogP contribution is 2.36. The van der Waals surface area contributed by atoms with E-state index in [1.807, 2.05) is 4.90 Å². The number of hydrogen-bond acceptors (Lipinski definition) is 5. The van der Waals surface area contributed by atoms with Gasteiger partial charge in [-0.05, 0) is 53.4 Å². The second kappa shape index (κ2) is 12.3. The summed E-state index contributed by atoms with van der Waals surface area (Å²) in [7, 11) is -3.57. The molecule has 0 heterocycles. The fraction of sp³-hybridized carbons (Fsp3) is 0.308. The van der Waals surface area contributed by atoms with Crippen LogP contribution in [0.3, 0.4) is 0 Å². The van der Waals surface area contributed by atoms with Gasteiger partial charge in [-0.25, -0.2) is 12.8 Å². The monoisotopic (exact) mass is 559 g/mol. The van der Waals surface area contributed by atoms with Gasteiger partial charge in [0.15, 0.2) is 9.84 Å². The van der Waals surface area contributed by atoms with Crippen LogP contribution in [0, 0.1) is 5.82 Å². The van der Waals surface area contributed by atoms with Crippen LogP contribution >= 0.6 is 11.6 Å². The Morgan fingerprint density at radius 3 is 2.32 bits per heavy atom. The van der Waals surface area contributed by atoms with E-state index in [0.717, 1.165) is 17.9 Å². The lowest BCUT2D eigenvalue weighted by atomic mass is 10.1. The van der Waals surface area contributed by atoms with Crippen LogP contribution < -0.4 is 4.74 Å². The number of rotatable bonds is 11. The molecule has 37 heavy (non-hydrogen) atoms. The van der Waals surface area contributed by atoms with Crippen molar-refractivity contribution in [1.82, 2.24) is 4.90 Å². The van der Waals surface area contributed by atoms with Crippen molar-refractivity contribution in [3.63, 3.8) is 0 Å². The third-order valence-electron chi connectivity index (χ3n) is 5.59. The van der Waals surface area contributed by atoms with Crippen LogP contribution in [0.2, 0.25) is 5.02 Å². The largest absolute Gasteiger partial charge is 0.494 e. The van der Waals surface area contributed by atoms with Crippen LogP contribution in [-0.2, 0) is 35.7 Å². The zero-order valence-electron chi connectivity index (χ0n) is 19.9. The van der Waals surface area contributed by atoms with Crippen molar-refractivity contribution in [3.8, 4) is 5.75 Å². The number of sulfone groups is 1. The second-order valence-electron chi connectivity index (χ2n) is 8.52. The SMILES string of the molecule is CS(=O)(=O)c1cc(OCCCN(Cc2ccc(F)cc2)Cc2cccc(C(F)(F)F)c2Cl)ccc1CO. The summed E-state index contributed by atoms with van der Waals surface area (Å²) in [6, 6.07) is 14.0. The van der Waals surface area contributed by atoms with E-state index in [1.165, 1.54) is 36.4 Å². The number of hydrogen-bond donors (Lipinski definition) is 1. The van der Waals surface area contributed by atoms with Gasteiger partial charge in [-0.3, -0.25) is 4.90 Å². The Hall–Kier alpha value is -2.66. The van der Waals surface area contributed by atoms with Crippen LogP contribution in [0.25, 0.3) is 0 Å². The molecule has 0 aliphatic heterocycles. The van der Waals surface area contributed by atoms with Crippen LogP contribution in [-0.4, -0.2) is 37.8 Å². The van der Waals surface area contributed by atoms with Gasteiger partial charge < -0.3 is 9.84 Å². The van der Waals surface area contributed by atoms with Crippen LogP contribution in [0.5, 0.6) is 5.75 Å². The first-order valence-corrected chi connectivity index (χ1v) is 13.5. The summed E-state index contributed by atoms with van der Waals surface area (Å²) >= 11 is 6.09. The molecule has 5 nitrogen and oxygen atoms in total. The van der Waals surface area contributed by atoms with Crippen LogP contribution in [0.15, 0.2) is 65.6 Å². The minimum Gasteiger partial charge on any atom is -0.494 e. The maximum absolute atomic E-state index is 13.3. The molecule has 0 fully saturated rings. The minimum absolute atomic E-state index is 0.0235. The van der Waals surface area contributed by atoms with Crippen molar-refractivity contribution >= 4 is 21.4 Å². The number of ether oxygens (including phenoxy) is 1. The Morgan fingerprint density at radius 2 is 1.70 bits per heavy atom. The summed E-state index contributed by atoms with van der Waals surface area (Å²) in [6.07, 6.45) is -3.09. The molecule has 0 atom stereocenters. The maximum Gasteiger partial charge on any atom is 0.417 e. The summed E-state index contributed by atoms with van der Waals surface area (Å²) in [5, 5.41) is 9.02. The molecule has 3 aromatic carbocycles. The highest BCUT2D eigenvalue weighted by molar-refractivity contribution is 7.90. The Morgan fingerprint density at radius 1 is 1.00 bits per heavy atom. The zero-order chi connectivity index (χ0) is 27.2. The van der Waals surface area contributed by atoms with Gasteiger partial charge in [-0.1, -0.05) is 41.9 Å². The first-order chi connectivity index (χ1) is 17.4. The van der Waals surface area contributed by atoms with Gasteiger partial charge in [0.1, 0.15) is 11.6 Å². The zero-order valence-corrected chi connectivity index (χ0v) is 21.5. The van der Waals surface area contributed by atoms with Gasteiger partial charge in [0.2, 0.25) is 0 Å². The normalized spacial score (nSPS) is 12.2. The summed E-state index contributed by atoms with van der Waals surface area (Å²) in [5.74, 6) is -0.0889. The Bertz CT molecular complexity index is 1320. The van der Waals surface area contributed by atoms with Gasteiger partial charge >= 0.3 is 6.18 Å². The smallest absolute Gasteiger partial charge is 0.417 e. The molecule has 3 rings (SSSR count). The number of aliphatic hydroxyl groups excluding tert-OH is 1. The molecule has 0 unspecified atom stereocenters. The summed E-state index contributed by atoms with van der Waals surface area (Å²) in [5.41, 5.74) is 0.419. The maximum atomic E-state index is 13.3. The Balaban J connectivity index is 1.72. The highest BCUT2D eigenvalue weighted by atomic mass is 35.5. The van der Waals surface area contributed by atoms with Crippen molar-refractivity contribution < 1.29 is 35.8 Å². The minimum atomic E-state index is -4.58. The molecular formula is C26H26ClF4NO4S. The van der Waals surface area contributed by atoms with E-state index in [9.17, 15) is 31.1 Å². The molecule has 0 aliphatic rings. The van der Waals surface area contributed by atoms with Crippen LogP contribution in [0.1, 0.15) is 28.7 Å². The number of benzene rings is 3. The van der Waals surface area contributed by atoms with Gasteiger partial charge in [0, 0.05) is 25.9 Å². The van der Waals surface area contributed by atoms with E-state index < -0.39 is 34.0 Å². The van der Waals surface area contributed by atoms with E-state index >= 15 is 0 Å². The number of nitrogens with zero attached hydrogens (tertiary/aromatic N) is 1. The molecular weight excluding hydrogens is 534 g/mol. The summed E-state index contributed by atoms with van der Waals surface area (Å²) in [4.78, 5) is 1.85. The quantitative estimate of drug-likeness (QED) is 0.235. The Labute approximate surface area is 218 Å². The van der Waals surface area contributed by atoms with E-state index in [4.69, 9.17) is 16.3 Å². The average Bonchev–Trinajstić information content (AvgIpc) is 2.83. The standard InChI is InChI=1S/C26H26ClF4NO4S/c1-37(34,35)24-14-22(11-8-20(24)17-33)36-13-3-12-32(15-18-6-9-21(28)10-7-18)16-19-4-2-5-23(25(19)27)26(29,30)31/h2,4-11,14,33H,3,12-13,15-17H2,1H3. The lowest BCUT2D eigenvalue weighted by Gasteiger charge is -2.24. The first kappa shape index (κ1) is 28.9. The lowest BCUT2D eigenvalue weighted by molar-refractivity contribution is -0.137. The molecule has 0 amide bonds. The van der Waals surface area contributed by atoms with Gasteiger partial charge in [0.05, 0.1) is 28.7 Å². The fourth-order valence-corrected chi connectivity index (χ4v) is 5.03. The highest BCUT2D eigenvalue weighted by Gasteiger charge is 2.34. The van der Waals surface area contributed by atoms with Gasteiger partial charge in [-0.15, -0.1) is 0 Å². The molecule has 0 aliphatic carbocycles. The van der Waals surface area contributed by atoms with Gasteiger partial charge in [0.25, 0.3) is 0 Å². The molecule has 0 saturated carbocycles. The van der Waals surface area contributed by atoms with Crippen LogP contribution in [0.4, 0.5) is 17.6 Å². The van der Waals surface area contributed by atoms with Crippen molar-refractivity contribution in [1.29, 1.82) is 0 Å². The molecule has 0 saturated heterocycles. The number of halogens is 5. The van der Waals surface area contributed by atoms with E-state index in [2.05, 4.69) is 0 Å². The molecule has 1 N–H and O–H groups in total. The second-order valence-corrected chi connectivity index (χ2v) is 10.9. The van der Waals surface area contributed by atoms with Crippen molar-refractivity contribution in [2.24, 2.45) is 0 Å². The predicted octanol–water partition coefficient (Wildman–Crippen LogP) is 5.87. The number of alkyl halides is 3. The molecule has 11 heteroatoms. The third-order valence-corrected chi connectivity index (χ3v) is 7.22. The van der Waals surface area contributed by atoms with E-state index in [0.29, 0.717) is 30.8 Å². The van der Waals surface area contributed by atoms with E-state index in [1.54, 1.807) is 18.2 Å². The molecule has 0 aromatic heterocycles. The molecule has 200 valence electrons. The van der Waals surface area contributed by atoms with Crippen molar-refractivity contribution in [3.05, 3.63) is 93.8 Å². The third kappa shape index (κ3) is 8.16. The summed E-state index contributed by atoms with van der Waals surface area (Å²) in [6.45, 7) is 0.606. The molecule has 0 radical (unpaired) electrons. The lowest BCUT2D eigenvalue weighted by Crippen LogP contribution is -2.26. The van der Waals surface area contributed by atoms with Gasteiger partial charge in [-0.2, -0.15) is 13.2 Å². The summed E-state index contributed by atoms with van der Waals surface area (Å²) < 4.78 is 82.9. The molecule has 3 aromatic rings. The molecule has 0 bridgehead atoms. The topological polar surface area (TPSA) is 66.8 Å². The number of aliphatic hydroxyl groups is 1. The fourth-order valence-electron chi connectivity index (χ4n) is 3.80. The van der Waals surface area contributed by atoms with Crippen molar-refractivity contribution in [2.45, 2.75) is 37.2 Å². The average molecular weight is 560 g/mol.